The Bertz CT molecular complexity index is 549. The lowest BCUT2D eigenvalue weighted by Gasteiger charge is -2.00. The first-order valence-electron chi connectivity index (χ1n) is 5.05. The molecule has 17 heavy (non-hydrogen) atoms. The summed E-state index contributed by atoms with van der Waals surface area (Å²) < 4.78 is 1.43. The van der Waals surface area contributed by atoms with Crippen LogP contribution in [-0.4, -0.2) is 35.8 Å². The average Bonchev–Trinajstić information content (AvgIpc) is 2.78. The number of carboxylic acids is 1. The minimum absolute atomic E-state index is 0.0726. The van der Waals surface area contributed by atoms with Gasteiger partial charge < -0.3 is 5.11 Å². The van der Waals surface area contributed by atoms with Gasteiger partial charge in [-0.2, -0.15) is 0 Å². The zero-order valence-corrected chi connectivity index (χ0v) is 9.40. The van der Waals surface area contributed by atoms with E-state index in [0.717, 1.165) is 0 Å². The summed E-state index contributed by atoms with van der Waals surface area (Å²) in [7, 11) is 0. The van der Waals surface area contributed by atoms with Crippen molar-refractivity contribution in [3.63, 3.8) is 0 Å². The minimum atomic E-state index is -1.10. The van der Waals surface area contributed by atoms with Gasteiger partial charge in [0.2, 0.25) is 0 Å². The predicted octanol–water partition coefficient (Wildman–Crippen LogP) is 0.879. The molecule has 0 bridgehead atoms. The highest BCUT2D eigenvalue weighted by Crippen LogP contribution is 2.09. The molecule has 0 aliphatic carbocycles. The summed E-state index contributed by atoms with van der Waals surface area (Å²) >= 11 is 0. The van der Waals surface area contributed by atoms with Crippen LogP contribution in [0.2, 0.25) is 0 Å². The molecule has 0 unspecified atom stereocenters. The number of hydrogen-bond donors (Lipinski definition) is 1. The lowest BCUT2D eigenvalue weighted by atomic mass is 10.2. The molecule has 0 amide bonds. The molecule has 1 N–H and O–H groups in total. The normalized spacial score (nSPS) is 10.8. The maximum absolute atomic E-state index is 10.8. The number of hydrogen-bond acceptors (Lipinski definition) is 5. The molecule has 2 aromatic rings. The second-order valence-corrected chi connectivity index (χ2v) is 3.77. The van der Waals surface area contributed by atoms with Crippen LogP contribution in [-0.2, 0) is 0 Å². The molecule has 0 saturated heterocycles. The van der Waals surface area contributed by atoms with Gasteiger partial charge in [0, 0.05) is 12.0 Å². The number of aromatic carboxylic acids is 1. The lowest BCUT2D eigenvalue weighted by Crippen LogP contribution is -2.05. The summed E-state index contributed by atoms with van der Waals surface area (Å²) in [6, 6.07) is 1.35. The molecule has 7 heteroatoms. The van der Waals surface area contributed by atoms with E-state index in [-0.39, 0.29) is 11.6 Å². The Morgan fingerprint density at radius 3 is 2.71 bits per heavy atom. The smallest absolute Gasteiger partial charge is 0.354 e. The number of carbonyl (C=O) groups is 1. The zero-order chi connectivity index (χ0) is 12.4. The van der Waals surface area contributed by atoms with Gasteiger partial charge in [-0.25, -0.2) is 24.4 Å². The van der Waals surface area contributed by atoms with E-state index in [1.165, 1.54) is 23.4 Å². The third-order valence-electron chi connectivity index (χ3n) is 2.13. The molecule has 2 heterocycles. The van der Waals surface area contributed by atoms with Gasteiger partial charge in [-0.05, 0) is 0 Å². The SMILES string of the molecule is CC(C)c1ncn(-c2cc(C(=O)O)ncn2)n1. The van der Waals surface area contributed by atoms with Crippen LogP contribution in [0.3, 0.4) is 0 Å². The largest absolute Gasteiger partial charge is 0.477 e. The van der Waals surface area contributed by atoms with Gasteiger partial charge in [-0.1, -0.05) is 13.8 Å². The van der Waals surface area contributed by atoms with E-state index in [0.29, 0.717) is 11.6 Å². The maximum atomic E-state index is 10.8. The summed E-state index contributed by atoms with van der Waals surface area (Å²) in [6.07, 6.45) is 2.69. The average molecular weight is 233 g/mol. The summed E-state index contributed by atoms with van der Waals surface area (Å²) in [4.78, 5) is 22.5. The Labute approximate surface area is 97.2 Å². The van der Waals surface area contributed by atoms with E-state index in [1.807, 2.05) is 13.8 Å². The van der Waals surface area contributed by atoms with Crippen molar-refractivity contribution < 1.29 is 9.90 Å². The highest BCUT2D eigenvalue weighted by Gasteiger charge is 2.10. The van der Waals surface area contributed by atoms with Crippen LogP contribution in [0.5, 0.6) is 0 Å². The molecular weight excluding hydrogens is 222 g/mol. The molecule has 88 valence electrons. The van der Waals surface area contributed by atoms with Crippen molar-refractivity contribution in [1.29, 1.82) is 0 Å². The zero-order valence-electron chi connectivity index (χ0n) is 9.40. The standard InChI is InChI=1S/C10H11N5O2/c1-6(2)9-13-5-15(14-9)8-3-7(10(16)17)11-4-12-8/h3-6H,1-2H3,(H,16,17). The van der Waals surface area contributed by atoms with E-state index < -0.39 is 5.97 Å². The number of carboxylic acid groups (broad SMARTS) is 1. The summed E-state index contributed by atoms with van der Waals surface area (Å²) in [5.41, 5.74) is -0.0726. The summed E-state index contributed by atoms with van der Waals surface area (Å²) in [5, 5.41) is 13.0. The number of rotatable bonds is 3. The molecule has 0 atom stereocenters. The van der Waals surface area contributed by atoms with Crippen molar-refractivity contribution in [3.05, 3.63) is 30.2 Å². The molecule has 7 nitrogen and oxygen atoms in total. The fourth-order valence-electron chi connectivity index (χ4n) is 1.24. The van der Waals surface area contributed by atoms with Crippen molar-refractivity contribution in [3.8, 4) is 5.82 Å². The van der Waals surface area contributed by atoms with E-state index in [1.54, 1.807) is 0 Å². The van der Waals surface area contributed by atoms with E-state index >= 15 is 0 Å². The van der Waals surface area contributed by atoms with Crippen molar-refractivity contribution in [2.75, 3.05) is 0 Å². The van der Waals surface area contributed by atoms with Crippen LogP contribution < -0.4 is 0 Å². The molecule has 2 aromatic heterocycles. The predicted molar refractivity (Wildman–Crippen MR) is 58.0 cm³/mol. The lowest BCUT2D eigenvalue weighted by molar-refractivity contribution is 0.0690. The molecule has 0 aliphatic rings. The number of aromatic nitrogens is 5. The molecular formula is C10H11N5O2. The van der Waals surface area contributed by atoms with Gasteiger partial charge in [-0.15, -0.1) is 5.10 Å². The monoisotopic (exact) mass is 233 g/mol. The van der Waals surface area contributed by atoms with Crippen LogP contribution in [0.1, 0.15) is 36.1 Å². The fourth-order valence-corrected chi connectivity index (χ4v) is 1.24. The first kappa shape index (κ1) is 11.2. The first-order chi connectivity index (χ1) is 8.08. The Hall–Kier alpha value is -2.31. The second-order valence-electron chi connectivity index (χ2n) is 3.77. The van der Waals surface area contributed by atoms with Crippen LogP contribution in [0.4, 0.5) is 0 Å². The topological polar surface area (TPSA) is 93.8 Å². The van der Waals surface area contributed by atoms with Crippen molar-refractivity contribution in [2.24, 2.45) is 0 Å². The van der Waals surface area contributed by atoms with Gasteiger partial charge in [0.1, 0.15) is 12.7 Å². The van der Waals surface area contributed by atoms with Crippen molar-refractivity contribution >= 4 is 5.97 Å². The Morgan fingerprint density at radius 2 is 2.12 bits per heavy atom. The third-order valence-corrected chi connectivity index (χ3v) is 2.13. The van der Waals surface area contributed by atoms with E-state index in [4.69, 9.17) is 5.11 Å². The highest BCUT2D eigenvalue weighted by molar-refractivity contribution is 5.85. The number of nitrogens with zero attached hydrogens (tertiary/aromatic N) is 5. The summed E-state index contributed by atoms with van der Waals surface area (Å²) in [6.45, 7) is 3.95. The molecule has 0 radical (unpaired) electrons. The molecule has 0 aliphatic heterocycles. The molecule has 0 saturated carbocycles. The molecule has 2 rings (SSSR count). The Balaban J connectivity index is 2.38. The van der Waals surface area contributed by atoms with Gasteiger partial charge in [0.25, 0.3) is 0 Å². The van der Waals surface area contributed by atoms with Gasteiger partial charge in [0.05, 0.1) is 0 Å². The van der Waals surface area contributed by atoms with Crippen LogP contribution >= 0.6 is 0 Å². The second kappa shape index (κ2) is 4.28. The Kier molecular flexibility index (Phi) is 2.82. The van der Waals surface area contributed by atoms with Crippen molar-refractivity contribution in [2.45, 2.75) is 19.8 Å². The molecule has 0 aromatic carbocycles. The first-order valence-corrected chi connectivity index (χ1v) is 5.05. The maximum Gasteiger partial charge on any atom is 0.354 e. The fraction of sp³-hybridized carbons (Fsp3) is 0.300. The molecule has 0 spiro atoms. The van der Waals surface area contributed by atoms with Crippen LogP contribution in [0.25, 0.3) is 5.82 Å². The minimum Gasteiger partial charge on any atom is -0.477 e. The van der Waals surface area contributed by atoms with Gasteiger partial charge in [0.15, 0.2) is 17.3 Å². The highest BCUT2D eigenvalue weighted by atomic mass is 16.4. The quantitative estimate of drug-likeness (QED) is 0.845. The Morgan fingerprint density at radius 1 is 1.35 bits per heavy atom. The van der Waals surface area contributed by atoms with Gasteiger partial charge in [-0.3, -0.25) is 0 Å². The van der Waals surface area contributed by atoms with Crippen LogP contribution in [0.15, 0.2) is 18.7 Å². The third kappa shape index (κ3) is 2.27. The van der Waals surface area contributed by atoms with Gasteiger partial charge >= 0.3 is 5.97 Å². The summed E-state index contributed by atoms with van der Waals surface area (Å²) in [5.74, 6) is 0.173. The van der Waals surface area contributed by atoms with E-state index in [2.05, 4.69) is 20.1 Å². The molecule has 0 fully saturated rings. The van der Waals surface area contributed by atoms with E-state index in [9.17, 15) is 4.79 Å². The van der Waals surface area contributed by atoms with Crippen molar-refractivity contribution in [1.82, 2.24) is 24.7 Å². The van der Waals surface area contributed by atoms with Crippen LogP contribution in [0, 0.1) is 0 Å².